The molecule has 1 saturated heterocycles. The van der Waals surface area contributed by atoms with E-state index >= 15 is 0 Å². The van der Waals surface area contributed by atoms with E-state index in [2.05, 4.69) is 10.6 Å². The van der Waals surface area contributed by atoms with Crippen LogP contribution in [-0.2, 0) is 4.79 Å². The van der Waals surface area contributed by atoms with Gasteiger partial charge in [0.15, 0.2) is 0 Å². The summed E-state index contributed by atoms with van der Waals surface area (Å²) in [6, 6.07) is 14.9. The van der Waals surface area contributed by atoms with E-state index in [9.17, 15) is 14.4 Å². The van der Waals surface area contributed by atoms with Gasteiger partial charge < -0.3 is 15.5 Å². The molecule has 0 aliphatic carbocycles. The number of amides is 3. The van der Waals surface area contributed by atoms with Gasteiger partial charge in [0.25, 0.3) is 11.8 Å². The molecule has 1 aliphatic heterocycles. The summed E-state index contributed by atoms with van der Waals surface area (Å²) in [5.41, 5.74) is 1.23. The average molecular weight is 365 g/mol. The molecule has 3 amide bonds. The number of para-hydroxylation sites is 1. The Labute approximate surface area is 158 Å². The molecule has 2 aromatic carbocycles. The second-order valence-corrected chi connectivity index (χ2v) is 6.59. The molecule has 6 nitrogen and oxygen atoms in total. The number of carbonyl (C=O) groups excluding carboxylic acids is 3. The molecule has 0 spiro atoms. The van der Waals surface area contributed by atoms with Gasteiger partial charge in [0.2, 0.25) is 5.91 Å². The van der Waals surface area contributed by atoms with Gasteiger partial charge in [-0.15, -0.1) is 0 Å². The van der Waals surface area contributed by atoms with Crippen LogP contribution in [0, 0.1) is 0 Å². The Bertz CT molecular complexity index is 830. The van der Waals surface area contributed by atoms with Gasteiger partial charge in [0.05, 0.1) is 11.3 Å². The quantitative estimate of drug-likeness (QED) is 0.855. The highest BCUT2D eigenvalue weighted by Gasteiger charge is 2.25. The number of hydrogen-bond donors (Lipinski definition) is 2. The number of likely N-dealkylation sites (tertiary alicyclic amines) is 1. The Morgan fingerprint density at radius 3 is 2.22 bits per heavy atom. The lowest BCUT2D eigenvalue weighted by Gasteiger charge is -2.21. The number of carbonyl (C=O) groups is 3. The second-order valence-electron chi connectivity index (χ2n) is 6.59. The van der Waals surface area contributed by atoms with Crippen LogP contribution < -0.4 is 10.6 Å². The van der Waals surface area contributed by atoms with E-state index in [0.717, 1.165) is 25.9 Å². The maximum atomic E-state index is 12.7. The number of nitrogens with one attached hydrogen (secondary N) is 2. The molecular formula is C21H23N3O3. The number of nitrogens with zero attached hydrogens (tertiary/aromatic N) is 1. The van der Waals surface area contributed by atoms with Gasteiger partial charge in [-0.2, -0.15) is 0 Å². The minimum atomic E-state index is -0.617. The van der Waals surface area contributed by atoms with Crippen molar-refractivity contribution in [3.05, 3.63) is 65.7 Å². The lowest BCUT2D eigenvalue weighted by Crippen LogP contribution is -2.46. The van der Waals surface area contributed by atoms with E-state index in [0.29, 0.717) is 16.8 Å². The molecule has 0 aromatic heterocycles. The van der Waals surface area contributed by atoms with Gasteiger partial charge in [0.1, 0.15) is 6.04 Å². The van der Waals surface area contributed by atoms with Crippen molar-refractivity contribution in [2.75, 3.05) is 18.4 Å². The highest BCUT2D eigenvalue weighted by atomic mass is 16.2. The second kappa shape index (κ2) is 8.49. The van der Waals surface area contributed by atoms with Crippen molar-refractivity contribution in [3.63, 3.8) is 0 Å². The topological polar surface area (TPSA) is 78.5 Å². The van der Waals surface area contributed by atoms with Crippen LogP contribution in [0.4, 0.5) is 5.69 Å². The van der Waals surface area contributed by atoms with Crippen molar-refractivity contribution in [2.45, 2.75) is 25.8 Å². The van der Waals surface area contributed by atoms with Crippen LogP contribution in [0.25, 0.3) is 0 Å². The minimum Gasteiger partial charge on any atom is -0.341 e. The molecule has 1 heterocycles. The van der Waals surface area contributed by atoms with Crippen molar-refractivity contribution in [1.29, 1.82) is 0 Å². The molecule has 1 fully saturated rings. The first-order valence-corrected chi connectivity index (χ1v) is 9.11. The fraction of sp³-hybridized carbons (Fsp3) is 0.286. The predicted molar refractivity (Wildman–Crippen MR) is 104 cm³/mol. The van der Waals surface area contributed by atoms with Crippen molar-refractivity contribution in [2.24, 2.45) is 0 Å². The Kier molecular flexibility index (Phi) is 5.86. The van der Waals surface area contributed by atoms with E-state index in [-0.39, 0.29) is 17.7 Å². The smallest absolute Gasteiger partial charge is 0.255 e. The van der Waals surface area contributed by atoms with E-state index in [1.165, 1.54) is 0 Å². The Balaban J connectivity index is 1.70. The maximum Gasteiger partial charge on any atom is 0.255 e. The number of anilines is 1. The first-order chi connectivity index (χ1) is 13.1. The third-order valence-electron chi connectivity index (χ3n) is 4.59. The third kappa shape index (κ3) is 4.53. The van der Waals surface area contributed by atoms with Crippen LogP contribution in [0.2, 0.25) is 0 Å². The summed E-state index contributed by atoms with van der Waals surface area (Å²) in [6.07, 6.45) is 2.00. The molecule has 1 unspecified atom stereocenters. The summed E-state index contributed by atoms with van der Waals surface area (Å²) >= 11 is 0. The first-order valence-electron chi connectivity index (χ1n) is 9.11. The zero-order chi connectivity index (χ0) is 19.2. The highest BCUT2D eigenvalue weighted by molar-refractivity contribution is 6.09. The lowest BCUT2D eigenvalue weighted by molar-refractivity contribution is -0.131. The SMILES string of the molecule is CC(NC(=O)c1ccccc1NC(=O)c1ccccc1)C(=O)N1CCCC1. The molecule has 0 bridgehead atoms. The van der Waals surface area contributed by atoms with Crippen molar-refractivity contribution in [1.82, 2.24) is 10.2 Å². The van der Waals surface area contributed by atoms with Gasteiger partial charge in [0, 0.05) is 18.7 Å². The largest absolute Gasteiger partial charge is 0.341 e. The molecule has 3 rings (SSSR count). The average Bonchev–Trinajstić information content (AvgIpc) is 3.23. The summed E-state index contributed by atoms with van der Waals surface area (Å²) in [5, 5.41) is 5.51. The Morgan fingerprint density at radius 1 is 0.889 bits per heavy atom. The first kappa shape index (κ1) is 18.6. The van der Waals surface area contributed by atoms with Crippen molar-refractivity contribution >= 4 is 23.4 Å². The molecule has 1 atom stereocenters. The molecule has 2 aromatic rings. The molecule has 27 heavy (non-hydrogen) atoms. The third-order valence-corrected chi connectivity index (χ3v) is 4.59. The summed E-state index contributed by atoms with van der Waals surface area (Å²) < 4.78 is 0. The molecule has 1 aliphatic rings. The summed E-state index contributed by atoms with van der Waals surface area (Å²) in [5.74, 6) is -0.761. The van der Waals surface area contributed by atoms with Gasteiger partial charge in [-0.25, -0.2) is 0 Å². The molecule has 0 radical (unpaired) electrons. The van der Waals surface area contributed by atoms with Crippen molar-refractivity contribution in [3.8, 4) is 0 Å². The van der Waals surface area contributed by atoms with E-state index in [4.69, 9.17) is 0 Å². The monoisotopic (exact) mass is 365 g/mol. The standard InChI is InChI=1S/C21H23N3O3/c1-15(21(27)24-13-7-8-14-24)22-20(26)17-11-5-6-12-18(17)23-19(25)16-9-3-2-4-10-16/h2-6,9-12,15H,7-8,13-14H2,1H3,(H,22,26)(H,23,25). The van der Waals surface area contributed by atoms with Crippen molar-refractivity contribution < 1.29 is 14.4 Å². The van der Waals surface area contributed by atoms with E-state index < -0.39 is 6.04 Å². The fourth-order valence-electron chi connectivity index (χ4n) is 3.12. The zero-order valence-electron chi connectivity index (χ0n) is 15.3. The normalized spacial score (nSPS) is 14.5. The van der Waals surface area contributed by atoms with Crippen LogP contribution >= 0.6 is 0 Å². The van der Waals surface area contributed by atoms with E-state index in [1.807, 2.05) is 6.07 Å². The lowest BCUT2D eigenvalue weighted by atomic mass is 10.1. The van der Waals surface area contributed by atoms with Crippen LogP contribution in [0.3, 0.4) is 0 Å². The number of benzene rings is 2. The summed E-state index contributed by atoms with van der Waals surface area (Å²) in [7, 11) is 0. The number of rotatable bonds is 5. The summed E-state index contributed by atoms with van der Waals surface area (Å²) in [6.45, 7) is 3.16. The Morgan fingerprint density at radius 2 is 1.52 bits per heavy atom. The predicted octanol–water partition coefficient (Wildman–Crippen LogP) is 2.68. The van der Waals surface area contributed by atoms with Crippen LogP contribution in [0.1, 0.15) is 40.5 Å². The highest BCUT2D eigenvalue weighted by Crippen LogP contribution is 2.17. The zero-order valence-corrected chi connectivity index (χ0v) is 15.3. The number of hydrogen-bond acceptors (Lipinski definition) is 3. The fourth-order valence-corrected chi connectivity index (χ4v) is 3.12. The van der Waals surface area contributed by atoms with E-state index in [1.54, 1.807) is 60.4 Å². The minimum absolute atomic E-state index is 0.0772. The van der Waals surface area contributed by atoms with Gasteiger partial charge >= 0.3 is 0 Å². The van der Waals surface area contributed by atoms with Gasteiger partial charge in [-0.3, -0.25) is 14.4 Å². The maximum absolute atomic E-state index is 12.7. The molecule has 6 heteroatoms. The Hall–Kier alpha value is -3.15. The molecule has 2 N–H and O–H groups in total. The molecule has 0 saturated carbocycles. The van der Waals surface area contributed by atoms with Crippen LogP contribution in [0.15, 0.2) is 54.6 Å². The van der Waals surface area contributed by atoms with Gasteiger partial charge in [-0.1, -0.05) is 30.3 Å². The van der Waals surface area contributed by atoms with Crippen LogP contribution in [-0.4, -0.2) is 41.8 Å². The van der Waals surface area contributed by atoms with Gasteiger partial charge in [-0.05, 0) is 44.0 Å². The molecule has 140 valence electrons. The summed E-state index contributed by atoms with van der Waals surface area (Å²) in [4.78, 5) is 39.2. The van der Waals surface area contributed by atoms with Crippen LogP contribution in [0.5, 0.6) is 0 Å². The molecular weight excluding hydrogens is 342 g/mol.